The molecule has 0 aromatic carbocycles. The fraction of sp³-hybridized carbons (Fsp3) is 0.804. The number of nitrogens with one attached hydrogen (secondary N) is 1. The molecule has 0 aliphatic heterocycles. The van der Waals surface area contributed by atoms with E-state index in [0.29, 0.717) is 6.42 Å². The minimum absolute atomic E-state index is 0.0701. The van der Waals surface area contributed by atoms with Gasteiger partial charge in [-0.2, -0.15) is 0 Å². The summed E-state index contributed by atoms with van der Waals surface area (Å²) >= 11 is 0. The molecule has 0 saturated heterocycles. The zero-order valence-electron chi connectivity index (χ0n) is 35.7. The lowest BCUT2D eigenvalue weighted by Gasteiger charge is -2.23. The van der Waals surface area contributed by atoms with Crippen LogP contribution in [0.2, 0.25) is 0 Å². The van der Waals surface area contributed by atoms with Crippen LogP contribution >= 0.6 is 7.82 Å². The molecule has 3 unspecified atom stereocenters. The van der Waals surface area contributed by atoms with E-state index in [1.165, 1.54) is 141 Å². The van der Waals surface area contributed by atoms with Crippen molar-refractivity contribution in [2.45, 2.75) is 219 Å². The Morgan fingerprint density at radius 3 is 1.40 bits per heavy atom. The third kappa shape index (κ3) is 40.5. The molecule has 0 rings (SSSR count). The number of phosphoric ester groups is 1. The molecule has 0 spiro atoms. The molecule has 5 N–H and O–H groups in total. The maximum atomic E-state index is 12.8. The molecule has 322 valence electrons. The molecule has 8 nitrogen and oxygen atoms in total. The highest BCUT2D eigenvalue weighted by atomic mass is 31.2. The highest BCUT2D eigenvalue weighted by molar-refractivity contribution is 7.47. The topological polar surface area (TPSA) is 131 Å². The molecule has 9 heteroatoms. The van der Waals surface area contributed by atoms with E-state index in [9.17, 15) is 19.4 Å². The lowest BCUT2D eigenvalue weighted by atomic mass is 10.1. The van der Waals surface area contributed by atoms with Gasteiger partial charge in [-0.1, -0.05) is 178 Å². The van der Waals surface area contributed by atoms with E-state index in [4.69, 9.17) is 14.8 Å². The normalized spacial score (nSPS) is 14.5. The second kappa shape index (κ2) is 42.1. The average molecular weight is 795 g/mol. The van der Waals surface area contributed by atoms with Crippen LogP contribution in [0.4, 0.5) is 0 Å². The maximum Gasteiger partial charge on any atom is 0.472 e. The monoisotopic (exact) mass is 795 g/mol. The number of allylic oxidation sites excluding steroid dienone is 7. The van der Waals surface area contributed by atoms with Crippen molar-refractivity contribution in [1.82, 2.24) is 5.32 Å². The van der Waals surface area contributed by atoms with Crippen molar-refractivity contribution < 1.29 is 28.4 Å². The van der Waals surface area contributed by atoms with E-state index >= 15 is 0 Å². The molecule has 1 amide bonds. The van der Waals surface area contributed by atoms with E-state index in [2.05, 4.69) is 55.6 Å². The summed E-state index contributed by atoms with van der Waals surface area (Å²) in [5.41, 5.74) is 5.37. The zero-order valence-corrected chi connectivity index (χ0v) is 36.6. The first-order valence-corrected chi connectivity index (χ1v) is 24.3. The van der Waals surface area contributed by atoms with Gasteiger partial charge in [0.05, 0.1) is 25.4 Å². The van der Waals surface area contributed by atoms with Crippen molar-refractivity contribution in [3.8, 4) is 0 Å². The molecular weight excluding hydrogens is 707 g/mol. The Bertz CT molecular complexity index is 1000. The summed E-state index contributed by atoms with van der Waals surface area (Å²) in [5.74, 6) is -0.213. The van der Waals surface area contributed by atoms with E-state index in [1.807, 2.05) is 6.08 Å². The van der Waals surface area contributed by atoms with Crippen molar-refractivity contribution in [2.75, 3.05) is 19.8 Å². The van der Waals surface area contributed by atoms with Crippen LogP contribution in [0.5, 0.6) is 0 Å². The number of carbonyl (C=O) groups excluding carboxylic acids is 1. The SMILES string of the molecule is CCCCCCCCC/C=C\CCCCCCCCCC(=O)NC(COP(=O)(O)OCCN)C(O)/C=C/CC/C=C/CC/C=C/CCCCCCCCCC. The molecular formula is C46H87N2O6P. The number of phosphoric acid groups is 1. The summed E-state index contributed by atoms with van der Waals surface area (Å²) < 4.78 is 22.1. The van der Waals surface area contributed by atoms with Crippen LogP contribution in [0.3, 0.4) is 0 Å². The zero-order chi connectivity index (χ0) is 40.3. The van der Waals surface area contributed by atoms with Crippen molar-refractivity contribution in [2.24, 2.45) is 5.73 Å². The van der Waals surface area contributed by atoms with Gasteiger partial charge in [0.2, 0.25) is 5.91 Å². The molecule has 55 heavy (non-hydrogen) atoms. The van der Waals surface area contributed by atoms with E-state index in [1.54, 1.807) is 6.08 Å². The molecule has 3 atom stereocenters. The van der Waals surface area contributed by atoms with E-state index < -0.39 is 20.0 Å². The third-order valence-electron chi connectivity index (χ3n) is 9.85. The number of hydrogen-bond acceptors (Lipinski definition) is 6. The predicted octanol–water partition coefficient (Wildman–Crippen LogP) is 12.9. The Morgan fingerprint density at radius 1 is 0.582 bits per heavy atom. The Balaban J connectivity index is 4.28. The van der Waals surface area contributed by atoms with Gasteiger partial charge in [-0.05, 0) is 70.6 Å². The van der Waals surface area contributed by atoms with E-state index in [-0.39, 0.29) is 25.7 Å². The van der Waals surface area contributed by atoms with Gasteiger partial charge in [-0.15, -0.1) is 0 Å². The van der Waals surface area contributed by atoms with Crippen LogP contribution < -0.4 is 11.1 Å². The van der Waals surface area contributed by atoms with Crippen molar-refractivity contribution in [3.63, 3.8) is 0 Å². The van der Waals surface area contributed by atoms with Crippen molar-refractivity contribution >= 4 is 13.7 Å². The standard InChI is InChI=1S/C46H87N2O6P/c1-3-5-7-9-11-13-15-17-19-21-23-25-27-29-31-33-35-37-39-45(49)44(43-54-55(51,52)53-42-41-47)48-46(50)40-38-36-34-32-30-28-26-24-22-20-18-16-14-12-10-8-6-4-2/h20-23,29,31,37,39,44-45,49H,3-19,24-28,30,32-36,38,40-43,47H2,1-2H3,(H,48,50)(H,51,52)/b22-20-,23-21+,31-29+,39-37+. The first-order valence-electron chi connectivity index (χ1n) is 22.8. The van der Waals surface area contributed by atoms with Crippen molar-refractivity contribution in [3.05, 3.63) is 48.6 Å². The second-order valence-electron chi connectivity index (χ2n) is 15.2. The number of aliphatic hydroxyl groups is 1. The Labute approximate surface area is 339 Å². The summed E-state index contributed by atoms with van der Waals surface area (Å²) in [6.07, 6.45) is 51.6. The fourth-order valence-corrected chi connectivity index (χ4v) is 7.15. The maximum absolute atomic E-state index is 12.8. The molecule has 0 saturated carbocycles. The van der Waals surface area contributed by atoms with Crippen LogP contribution in [0, 0.1) is 0 Å². The van der Waals surface area contributed by atoms with Crippen molar-refractivity contribution in [1.29, 1.82) is 0 Å². The quantitative estimate of drug-likeness (QED) is 0.0275. The van der Waals surface area contributed by atoms with Gasteiger partial charge < -0.3 is 21.1 Å². The van der Waals surface area contributed by atoms with E-state index in [0.717, 1.165) is 44.9 Å². The second-order valence-corrected chi connectivity index (χ2v) is 16.7. The predicted molar refractivity (Wildman–Crippen MR) is 235 cm³/mol. The first kappa shape index (κ1) is 53.5. The van der Waals surface area contributed by atoms with Gasteiger partial charge in [0.1, 0.15) is 0 Å². The Hall–Kier alpha value is -1.54. The number of rotatable bonds is 42. The minimum Gasteiger partial charge on any atom is -0.387 e. The smallest absolute Gasteiger partial charge is 0.387 e. The minimum atomic E-state index is -4.35. The summed E-state index contributed by atoms with van der Waals surface area (Å²) in [6.45, 7) is 4.10. The van der Waals surface area contributed by atoms with Crippen LogP contribution in [0.15, 0.2) is 48.6 Å². The lowest BCUT2D eigenvalue weighted by molar-refractivity contribution is -0.123. The van der Waals surface area contributed by atoms with Crippen LogP contribution in [-0.2, 0) is 18.4 Å². The number of amides is 1. The number of hydrogen-bond donors (Lipinski definition) is 4. The summed E-state index contributed by atoms with van der Waals surface area (Å²) in [5, 5.41) is 13.7. The lowest BCUT2D eigenvalue weighted by Crippen LogP contribution is -2.45. The first-order chi connectivity index (χ1) is 26.9. The molecule has 0 radical (unpaired) electrons. The summed E-state index contributed by atoms with van der Waals surface area (Å²) in [4.78, 5) is 22.7. The Kier molecular flexibility index (Phi) is 40.9. The summed E-state index contributed by atoms with van der Waals surface area (Å²) in [6, 6.07) is -0.886. The largest absolute Gasteiger partial charge is 0.472 e. The van der Waals surface area contributed by atoms with Gasteiger partial charge in [-0.3, -0.25) is 13.8 Å². The van der Waals surface area contributed by atoms with Gasteiger partial charge in [0, 0.05) is 13.0 Å². The molecule has 0 aliphatic carbocycles. The average Bonchev–Trinajstić information content (AvgIpc) is 3.17. The molecule has 0 fully saturated rings. The molecule has 0 bridgehead atoms. The summed E-state index contributed by atoms with van der Waals surface area (Å²) in [7, 11) is -4.35. The number of unbranched alkanes of at least 4 members (excludes halogenated alkanes) is 24. The number of carbonyl (C=O) groups is 1. The number of aliphatic hydroxyl groups excluding tert-OH is 1. The van der Waals surface area contributed by atoms with Gasteiger partial charge in [0.25, 0.3) is 0 Å². The van der Waals surface area contributed by atoms with Gasteiger partial charge in [-0.25, -0.2) is 4.57 Å². The van der Waals surface area contributed by atoms with Gasteiger partial charge >= 0.3 is 7.82 Å². The van der Waals surface area contributed by atoms with Crippen LogP contribution in [0.1, 0.15) is 206 Å². The van der Waals surface area contributed by atoms with Gasteiger partial charge in [0.15, 0.2) is 0 Å². The molecule has 0 aromatic rings. The molecule has 0 aromatic heterocycles. The number of nitrogens with two attached hydrogens (primary N) is 1. The highest BCUT2D eigenvalue weighted by Crippen LogP contribution is 2.43. The Morgan fingerprint density at radius 2 is 0.964 bits per heavy atom. The molecule has 0 aliphatic rings. The fourth-order valence-electron chi connectivity index (χ4n) is 6.39. The molecule has 0 heterocycles. The van der Waals surface area contributed by atoms with Crippen LogP contribution in [0.25, 0.3) is 0 Å². The van der Waals surface area contributed by atoms with Crippen LogP contribution in [-0.4, -0.2) is 47.8 Å². The third-order valence-corrected chi connectivity index (χ3v) is 10.8. The highest BCUT2D eigenvalue weighted by Gasteiger charge is 2.26.